The summed E-state index contributed by atoms with van der Waals surface area (Å²) in [5.41, 5.74) is 5.32. The molecule has 1 aromatic heterocycles. The zero-order chi connectivity index (χ0) is 7.40. The highest BCUT2D eigenvalue weighted by atomic mass is 16.5. The van der Waals surface area contributed by atoms with Gasteiger partial charge in [-0.05, 0) is 13.0 Å². The molecule has 0 amide bonds. The average molecular weight is 139 g/mol. The third-order valence-corrected chi connectivity index (χ3v) is 0.833. The first-order chi connectivity index (χ1) is 4.79. The lowest BCUT2D eigenvalue weighted by Gasteiger charge is -2.05. The van der Waals surface area contributed by atoms with E-state index in [4.69, 9.17) is 10.5 Å². The molecular weight excluding hydrogens is 130 g/mol. The van der Waals surface area contributed by atoms with Crippen LogP contribution in [0.25, 0.3) is 0 Å². The summed E-state index contributed by atoms with van der Waals surface area (Å²) >= 11 is 0. The van der Waals surface area contributed by atoms with E-state index < -0.39 is 0 Å². The van der Waals surface area contributed by atoms with Crippen LogP contribution in [-0.4, -0.2) is 16.2 Å². The number of ether oxygens (including phenoxy) is 1. The molecule has 54 valence electrons. The number of hydrogen-bond donors (Lipinski definition) is 1. The van der Waals surface area contributed by atoms with Crippen molar-refractivity contribution in [3.8, 4) is 6.01 Å². The quantitative estimate of drug-likeness (QED) is 0.593. The highest BCUT2D eigenvalue weighted by Crippen LogP contribution is 1.97. The topological polar surface area (TPSA) is 61.0 Å². The number of hydrogen-bond acceptors (Lipinski definition) is 4. The van der Waals surface area contributed by atoms with Crippen molar-refractivity contribution in [2.75, 3.05) is 0 Å². The zero-order valence-electron chi connectivity index (χ0n) is 5.69. The molecule has 10 heavy (non-hydrogen) atoms. The summed E-state index contributed by atoms with van der Waals surface area (Å²) in [5.74, 6) is 0. The maximum atomic E-state index is 5.32. The maximum Gasteiger partial charge on any atom is 0.317 e. The van der Waals surface area contributed by atoms with Gasteiger partial charge < -0.3 is 4.74 Å². The maximum absolute atomic E-state index is 5.32. The summed E-state index contributed by atoms with van der Waals surface area (Å²) in [6.45, 7) is 1.72. The molecular formula is C6H9N3O. The van der Waals surface area contributed by atoms with Crippen LogP contribution in [0.15, 0.2) is 18.5 Å². The lowest BCUT2D eigenvalue weighted by molar-refractivity contribution is 0.210. The van der Waals surface area contributed by atoms with Gasteiger partial charge in [-0.2, -0.15) is 0 Å². The second-order valence-electron chi connectivity index (χ2n) is 1.85. The number of aromatic nitrogens is 2. The lowest BCUT2D eigenvalue weighted by atomic mass is 10.7. The Balaban J connectivity index is 2.59. The summed E-state index contributed by atoms with van der Waals surface area (Å²) in [7, 11) is 0. The van der Waals surface area contributed by atoms with Crippen LogP contribution in [-0.2, 0) is 0 Å². The zero-order valence-corrected chi connectivity index (χ0v) is 5.69. The lowest BCUT2D eigenvalue weighted by Crippen LogP contribution is -2.23. The Morgan fingerprint density at radius 2 is 2.10 bits per heavy atom. The molecule has 4 nitrogen and oxygen atoms in total. The Hall–Kier alpha value is -1.16. The molecule has 1 unspecified atom stereocenters. The molecule has 2 N–H and O–H groups in total. The average Bonchev–Trinajstić information content (AvgIpc) is 1.88. The first-order valence-corrected chi connectivity index (χ1v) is 2.98. The van der Waals surface area contributed by atoms with Crippen molar-refractivity contribution >= 4 is 0 Å². The van der Waals surface area contributed by atoms with Crippen LogP contribution in [0.3, 0.4) is 0 Å². The van der Waals surface area contributed by atoms with Gasteiger partial charge in [0.25, 0.3) is 0 Å². The van der Waals surface area contributed by atoms with Gasteiger partial charge in [0.1, 0.15) is 6.23 Å². The van der Waals surface area contributed by atoms with E-state index in [1.807, 2.05) is 0 Å². The summed E-state index contributed by atoms with van der Waals surface area (Å²) in [6.07, 6.45) is 2.84. The minimum atomic E-state index is -0.359. The molecule has 1 rings (SSSR count). The van der Waals surface area contributed by atoms with E-state index in [2.05, 4.69) is 9.97 Å². The second-order valence-corrected chi connectivity index (χ2v) is 1.85. The first kappa shape index (κ1) is 6.95. The van der Waals surface area contributed by atoms with Crippen LogP contribution in [0.4, 0.5) is 0 Å². The molecule has 0 saturated carbocycles. The highest BCUT2D eigenvalue weighted by Gasteiger charge is 1.96. The number of nitrogens with two attached hydrogens (primary N) is 1. The van der Waals surface area contributed by atoms with E-state index in [0.717, 1.165) is 0 Å². The largest absolute Gasteiger partial charge is 0.445 e. The van der Waals surface area contributed by atoms with Crippen molar-refractivity contribution in [1.29, 1.82) is 0 Å². The van der Waals surface area contributed by atoms with Crippen molar-refractivity contribution < 1.29 is 4.74 Å². The van der Waals surface area contributed by atoms with Crippen molar-refractivity contribution in [2.45, 2.75) is 13.2 Å². The fourth-order valence-electron chi connectivity index (χ4n) is 0.513. The Bertz CT molecular complexity index is 187. The van der Waals surface area contributed by atoms with Crippen LogP contribution >= 0.6 is 0 Å². The third kappa shape index (κ3) is 1.99. The molecule has 1 aromatic rings. The van der Waals surface area contributed by atoms with Gasteiger partial charge in [0.2, 0.25) is 0 Å². The predicted octanol–water partition coefficient (Wildman–Crippen LogP) is 0.160. The standard InChI is InChI=1S/C6H9N3O/c1-5(7)10-6-8-3-2-4-9-6/h2-5H,7H2,1H3. The summed E-state index contributed by atoms with van der Waals surface area (Å²) in [6, 6.07) is 2.03. The van der Waals surface area contributed by atoms with E-state index in [1.54, 1.807) is 25.4 Å². The first-order valence-electron chi connectivity index (χ1n) is 2.98. The van der Waals surface area contributed by atoms with Gasteiger partial charge in [0, 0.05) is 12.4 Å². The van der Waals surface area contributed by atoms with Crippen molar-refractivity contribution in [2.24, 2.45) is 5.73 Å². The minimum absolute atomic E-state index is 0.317. The van der Waals surface area contributed by atoms with Gasteiger partial charge >= 0.3 is 6.01 Å². The van der Waals surface area contributed by atoms with Crippen LogP contribution in [0.5, 0.6) is 6.01 Å². The Labute approximate surface area is 59.1 Å². The van der Waals surface area contributed by atoms with Crippen molar-refractivity contribution in [3.05, 3.63) is 18.5 Å². The molecule has 0 aliphatic rings. The van der Waals surface area contributed by atoms with Gasteiger partial charge in [0.05, 0.1) is 0 Å². The van der Waals surface area contributed by atoms with Crippen LogP contribution in [0.1, 0.15) is 6.92 Å². The summed E-state index contributed by atoms with van der Waals surface area (Å²) < 4.78 is 4.97. The molecule has 0 radical (unpaired) electrons. The van der Waals surface area contributed by atoms with Crippen molar-refractivity contribution in [3.63, 3.8) is 0 Å². The van der Waals surface area contributed by atoms with Gasteiger partial charge in [-0.15, -0.1) is 0 Å². The molecule has 0 spiro atoms. The molecule has 4 heteroatoms. The minimum Gasteiger partial charge on any atom is -0.445 e. The van der Waals surface area contributed by atoms with Gasteiger partial charge in [-0.3, -0.25) is 5.73 Å². The van der Waals surface area contributed by atoms with E-state index in [0.29, 0.717) is 6.01 Å². The summed E-state index contributed by atoms with van der Waals surface area (Å²) in [4.78, 5) is 7.61. The SMILES string of the molecule is CC(N)Oc1ncccn1. The monoisotopic (exact) mass is 139 g/mol. The molecule has 0 bridgehead atoms. The van der Waals surface area contributed by atoms with Crippen molar-refractivity contribution in [1.82, 2.24) is 9.97 Å². The highest BCUT2D eigenvalue weighted by molar-refractivity contribution is 4.93. The number of nitrogens with zero attached hydrogens (tertiary/aromatic N) is 2. The molecule has 0 aromatic carbocycles. The van der Waals surface area contributed by atoms with E-state index in [-0.39, 0.29) is 6.23 Å². The van der Waals surface area contributed by atoms with E-state index in [1.165, 1.54) is 0 Å². The Morgan fingerprint density at radius 1 is 1.50 bits per heavy atom. The fraction of sp³-hybridized carbons (Fsp3) is 0.333. The van der Waals surface area contributed by atoms with Gasteiger partial charge in [-0.25, -0.2) is 9.97 Å². The van der Waals surface area contributed by atoms with Gasteiger partial charge in [0.15, 0.2) is 0 Å². The van der Waals surface area contributed by atoms with E-state index in [9.17, 15) is 0 Å². The predicted molar refractivity (Wildman–Crippen MR) is 36.3 cm³/mol. The van der Waals surface area contributed by atoms with E-state index >= 15 is 0 Å². The molecule has 0 saturated heterocycles. The van der Waals surface area contributed by atoms with Crippen LogP contribution in [0.2, 0.25) is 0 Å². The Kier molecular flexibility index (Phi) is 2.17. The van der Waals surface area contributed by atoms with Crippen LogP contribution < -0.4 is 10.5 Å². The molecule has 0 aliphatic carbocycles. The van der Waals surface area contributed by atoms with Gasteiger partial charge in [-0.1, -0.05) is 0 Å². The molecule has 1 atom stereocenters. The van der Waals surface area contributed by atoms with Crippen LogP contribution in [0, 0.1) is 0 Å². The molecule has 0 fully saturated rings. The number of rotatable bonds is 2. The summed E-state index contributed by atoms with van der Waals surface area (Å²) in [5, 5.41) is 0. The molecule has 0 aliphatic heterocycles. The third-order valence-electron chi connectivity index (χ3n) is 0.833. The Morgan fingerprint density at radius 3 is 2.60 bits per heavy atom. The second kappa shape index (κ2) is 3.12. The normalized spacial score (nSPS) is 12.6. The fourth-order valence-corrected chi connectivity index (χ4v) is 0.513. The molecule has 1 heterocycles. The smallest absolute Gasteiger partial charge is 0.317 e.